The molecule has 2 aromatic rings. The van der Waals surface area contributed by atoms with Gasteiger partial charge in [0, 0.05) is 5.69 Å². The van der Waals surface area contributed by atoms with Crippen molar-refractivity contribution in [1.82, 2.24) is 4.37 Å². The van der Waals surface area contributed by atoms with E-state index in [0.717, 1.165) is 11.4 Å². The van der Waals surface area contributed by atoms with Crippen LogP contribution < -0.4 is 5.73 Å². The summed E-state index contributed by atoms with van der Waals surface area (Å²) in [4.78, 5) is 1.19. The Bertz CT molecular complexity index is 460. The maximum Gasteiger partial charge on any atom is 0.0556 e. The minimum atomic E-state index is 0.802. The summed E-state index contributed by atoms with van der Waals surface area (Å²) in [6.07, 6.45) is 0. The van der Waals surface area contributed by atoms with Crippen LogP contribution in [0.5, 0.6) is 0 Å². The number of aryl methyl sites for hydroxylation is 2. The van der Waals surface area contributed by atoms with E-state index >= 15 is 0 Å². The minimum absolute atomic E-state index is 0.802. The molecular weight excluding hydrogens is 192 g/mol. The smallest absolute Gasteiger partial charge is 0.0556 e. The second-order valence-corrected chi connectivity index (χ2v) is 4.21. The molecule has 2 rings (SSSR count). The predicted molar refractivity (Wildman–Crippen MR) is 61.4 cm³/mol. The average Bonchev–Trinajstić information content (AvgIpc) is 2.56. The summed E-state index contributed by atoms with van der Waals surface area (Å²) >= 11 is 1.52. The van der Waals surface area contributed by atoms with E-state index < -0.39 is 0 Å². The molecule has 0 saturated heterocycles. The standard InChI is InChI=1S/C11H12N2S/c1-7-3-4-9(12)6-10(7)11-5-8(2)13-14-11/h3-6H,12H2,1-2H3. The lowest BCUT2D eigenvalue weighted by molar-refractivity contribution is 1.35. The summed E-state index contributed by atoms with van der Waals surface area (Å²) < 4.78 is 4.26. The maximum atomic E-state index is 5.76. The lowest BCUT2D eigenvalue weighted by Gasteiger charge is -2.03. The molecule has 0 spiro atoms. The van der Waals surface area contributed by atoms with Crippen molar-refractivity contribution in [2.75, 3.05) is 5.73 Å². The Morgan fingerprint density at radius 2 is 2.00 bits per heavy atom. The highest BCUT2D eigenvalue weighted by Crippen LogP contribution is 2.29. The first-order valence-corrected chi connectivity index (χ1v) is 5.24. The second kappa shape index (κ2) is 3.42. The van der Waals surface area contributed by atoms with Crippen molar-refractivity contribution in [3.63, 3.8) is 0 Å². The fraction of sp³-hybridized carbons (Fsp3) is 0.182. The summed E-state index contributed by atoms with van der Waals surface area (Å²) in [7, 11) is 0. The molecule has 0 atom stereocenters. The van der Waals surface area contributed by atoms with Gasteiger partial charge in [0.2, 0.25) is 0 Å². The Hall–Kier alpha value is -1.35. The fourth-order valence-corrected chi connectivity index (χ4v) is 2.23. The monoisotopic (exact) mass is 204 g/mol. The highest BCUT2D eigenvalue weighted by atomic mass is 32.1. The number of benzene rings is 1. The molecule has 0 aliphatic heterocycles. The highest BCUT2D eigenvalue weighted by molar-refractivity contribution is 7.09. The number of rotatable bonds is 1. The summed E-state index contributed by atoms with van der Waals surface area (Å²) in [5, 5.41) is 0. The fourth-order valence-electron chi connectivity index (χ4n) is 1.40. The molecule has 0 unspecified atom stereocenters. The molecule has 3 heteroatoms. The van der Waals surface area contributed by atoms with E-state index in [2.05, 4.69) is 17.4 Å². The number of nitrogen functional groups attached to an aromatic ring is 1. The molecule has 2 nitrogen and oxygen atoms in total. The molecule has 0 aliphatic rings. The Labute approximate surface area is 87.6 Å². The largest absolute Gasteiger partial charge is 0.399 e. The van der Waals surface area contributed by atoms with Crippen molar-refractivity contribution in [2.45, 2.75) is 13.8 Å². The van der Waals surface area contributed by atoms with Gasteiger partial charge in [-0.15, -0.1) is 0 Å². The lowest BCUT2D eigenvalue weighted by atomic mass is 10.1. The molecule has 2 N–H and O–H groups in total. The van der Waals surface area contributed by atoms with Crippen LogP contribution in [0.2, 0.25) is 0 Å². The number of hydrogen-bond donors (Lipinski definition) is 1. The van der Waals surface area contributed by atoms with E-state index in [1.54, 1.807) is 0 Å². The summed E-state index contributed by atoms with van der Waals surface area (Å²) in [5.41, 5.74) is 10.0. The minimum Gasteiger partial charge on any atom is -0.399 e. The average molecular weight is 204 g/mol. The summed E-state index contributed by atoms with van der Waals surface area (Å²) in [5.74, 6) is 0. The van der Waals surface area contributed by atoms with Gasteiger partial charge in [-0.2, -0.15) is 4.37 Å². The third-order valence-corrected chi connectivity index (χ3v) is 3.07. The van der Waals surface area contributed by atoms with Crippen molar-refractivity contribution >= 4 is 17.2 Å². The van der Waals surface area contributed by atoms with Crippen LogP contribution in [0.1, 0.15) is 11.3 Å². The quantitative estimate of drug-likeness (QED) is 0.725. The molecule has 72 valence electrons. The van der Waals surface area contributed by atoms with E-state index in [1.807, 2.05) is 25.1 Å². The molecule has 14 heavy (non-hydrogen) atoms. The second-order valence-electron chi connectivity index (χ2n) is 3.41. The van der Waals surface area contributed by atoms with Gasteiger partial charge in [-0.05, 0) is 54.7 Å². The van der Waals surface area contributed by atoms with Crippen LogP contribution in [0.4, 0.5) is 5.69 Å². The lowest BCUT2D eigenvalue weighted by Crippen LogP contribution is -1.87. The van der Waals surface area contributed by atoms with E-state index in [-0.39, 0.29) is 0 Å². The molecule has 0 amide bonds. The van der Waals surface area contributed by atoms with Crippen molar-refractivity contribution in [3.8, 4) is 10.4 Å². The molecule has 0 aliphatic carbocycles. The Morgan fingerprint density at radius 3 is 2.64 bits per heavy atom. The Kier molecular flexibility index (Phi) is 2.25. The SMILES string of the molecule is Cc1cc(-c2cc(N)ccc2C)sn1. The highest BCUT2D eigenvalue weighted by Gasteiger charge is 2.05. The van der Waals surface area contributed by atoms with Crippen molar-refractivity contribution in [3.05, 3.63) is 35.5 Å². The molecule has 0 radical (unpaired) electrons. The number of anilines is 1. The van der Waals surface area contributed by atoms with E-state index in [4.69, 9.17) is 5.73 Å². The van der Waals surface area contributed by atoms with Gasteiger partial charge in [0.1, 0.15) is 0 Å². The van der Waals surface area contributed by atoms with Gasteiger partial charge in [0.05, 0.1) is 10.6 Å². The van der Waals surface area contributed by atoms with Gasteiger partial charge in [-0.25, -0.2) is 0 Å². The summed E-state index contributed by atoms with van der Waals surface area (Å²) in [6, 6.07) is 8.06. The Morgan fingerprint density at radius 1 is 1.21 bits per heavy atom. The van der Waals surface area contributed by atoms with E-state index in [9.17, 15) is 0 Å². The van der Waals surface area contributed by atoms with Gasteiger partial charge in [-0.1, -0.05) is 6.07 Å². The van der Waals surface area contributed by atoms with Crippen LogP contribution in [0.25, 0.3) is 10.4 Å². The van der Waals surface area contributed by atoms with E-state index in [0.29, 0.717) is 0 Å². The molecular formula is C11H12N2S. The number of nitrogens with two attached hydrogens (primary N) is 1. The topological polar surface area (TPSA) is 38.9 Å². The van der Waals surface area contributed by atoms with E-state index in [1.165, 1.54) is 27.5 Å². The Balaban J connectivity index is 2.55. The number of aromatic nitrogens is 1. The zero-order chi connectivity index (χ0) is 10.1. The van der Waals surface area contributed by atoms with Crippen LogP contribution in [-0.4, -0.2) is 4.37 Å². The van der Waals surface area contributed by atoms with Crippen LogP contribution in [0.3, 0.4) is 0 Å². The van der Waals surface area contributed by atoms with Crippen LogP contribution in [0, 0.1) is 13.8 Å². The van der Waals surface area contributed by atoms with Gasteiger partial charge in [0.25, 0.3) is 0 Å². The molecule has 1 aromatic heterocycles. The third kappa shape index (κ3) is 1.63. The van der Waals surface area contributed by atoms with Gasteiger partial charge >= 0.3 is 0 Å². The molecule has 1 aromatic carbocycles. The van der Waals surface area contributed by atoms with Crippen molar-refractivity contribution in [2.24, 2.45) is 0 Å². The van der Waals surface area contributed by atoms with Crippen LogP contribution in [0.15, 0.2) is 24.3 Å². The normalized spacial score (nSPS) is 10.4. The maximum absolute atomic E-state index is 5.76. The van der Waals surface area contributed by atoms with Gasteiger partial charge < -0.3 is 5.73 Å². The molecule has 0 saturated carbocycles. The molecule has 0 fully saturated rings. The zero-order valence-corrected chi connectivity index (χ0v) is 9.06. The van der Waals surface area contributed by atoms with Crippen LogP contribution >= 0.6 is 11.5 Å². The first-order valence-electron chi connectivity index (χ1n) is 4.46. The number of nitrogens with zero attached hydrogens (tertiary/aromatic N) is 1. The third-order valence-electron chi connectivity index (χ3n) is 2.16. The van der Waals surface area contributed by atoms with Gasteiger partial charge in [-0.3, -0.25) is 0 Å². The molecule has 1 heterocycles. The van der Waals surface area contributed by atoms with Gasteiger partial charge in [0.15, 0.2) is 0 Å². The first-order chi connectivity index (χ1) is 6.66. The predicted octanol–water partition coefficient (Wildman–Crippen LogP) is 3.01. The molecule has 0 bridgehead atoms. The number of hydrogen-bond acceptors (Lipinski definition) is 3. The first kappa shape index (κ1) is 9.21. The van der Waals surface area contributed by atoms with Crippen molar-refractivity contribution < 1.29 is 0 Å². The summed E-state index contributed by atoms with van der Waals surface area (Å²) in [6.45, 7) is 4.09. The zero-order valence-electron chi connectivity index (χ0n) is 8.24. The van der Waals surface area contributed by atoms with Crippen LogP contribution in [-0.2, 0) is 0 Å². The van der Waals surface area contributed by atoms with Crippen molar-refractivity contribution in [1.29, 1.82) is 0 Å².